The molecule has 1 amide bonds. The van der Waals surface area contributed by atoms with E-state index in [-0.39, 0.29) is 18.6 Å². The topological polar surface area (TPSA) is 90.1 Å². The molecule has 0 saturated heterocycles. The molecule has 0 unspecified atom stereocenters. The second kappa shape index (κ2) is 7.21. The van der Waals surface area contributed by atoms with Crippen LogP contribution < -0.4 is 5.32 Å². The van der Waals surface area contributed by atoms with Crippen molar-refractivity contribution in [3.8, 4) is 0 Å². The molecule has 0 spiro atoms. The first-order chi connectivity index (χ1) is 12.1. The third-order valence-electron chi connectivity index (χ3n) is 3.90. The summed E-state index contributed by atoms with van der Waals surface area (Å²) in [6.45, 7) is 1.81. The number of esters is 1. The highest BCUT2D eigenvalue weighted by Crippen LogP contribution is 2.27. The summed E-state index contributed by atoms with van der Waals surface area (Å²) in [4.78, 5) is 29.1. The highest BCUT2D eigenvalue weighted by molar-refractivity contribution is 6.39. The number of aryl methyl sites for hydroxylation is 1. The van der Waals surface area contributed by atoms with Gasteiger partial charge in [0.25, 0.3) is 5.91 Å². The van der Waals surface area contributed by atoms with Gasteiger partial charge in [0.05, 0.1) is 13.7 Å². The lowest BCUT2D eigenvalue weighted by atomic mass is 10.0. The van der Waals surface area contributed by atoms with E-state index in [0.717, 1.165) is 5.56 Å². The third-order valence-corrected chi connectivity index (χ3v) is 3.90. The largest absolute Gasteiger partial charge is 0.465 e. The number of nitrogens with zero attached hydrogens (tertiary/aromatic N) is 1. The van der Waals surface area contributed by atoms with Gasteiger partial charge in [0.2, 0.25) is 0 Å². The second-order valence-electron chi connectivity index (χ2n) is 5.60. The van der Waals surface area contributed by atoms with Gasteiger partial charge in [-0.3, -0.25) is 4.79 Å². The maximum Gasteiger partial charge on any atom is 0.341 e. The van der Waals surface area contributed by atoms with Crippen molar-refractivity contribution >= 4 is 17.6 Å². The molecule has 0 fully saturated rings. The lowest BCUT2D eigenvalue weighted by Gasteiger charge is -2.07. The minimum Gasteiger partial charge on any atom is -0.465 e. The van der Waals surface area contributed by atoms with Crippen molar-refractivity contribution in [2.24, 2.45) is 5.16 Å². The van der Waals surface area contributed by atoms with Crippen LogP contribution in [0.5, 0.6) is 0 Å². The normalized spacial score (nSPS) is 16.1. The molecule has 1 atom stereocenters. The Hall–Kier alpha value is -3.09. The highest BCUT2D eigenvalue weighted by atomic mass is 16.6. The van der Waals surface area contributed by atoms with Crippen molar-refractivity contribution in [2.75, 3.05) is 7.11 Å². The molecule has 7 heteroatoms. The van der Waals surface area contributed by atoms with Gasteiger partial charge in [-0.25, -0.2) is 4.79 Å². The second-order valence-corrected chi connectivity index (χ2v) is 5.60. The molecular formula is C18H18N2O5. The number of oxime groups is 1. The van der Waals surface area contributed by atoms with E-state index in [9.17, 15) is 9.59 Å². The maximum absolute atomic E-state index is 12.2. The number of carbonyl (C=O) groups excluding carboxylic acids is 2. The van der Waals surface area contributed by atoms with Crippen LogP contribution in [0.15, 0.2) is 46.0 Å². The molecule has 1 aliphatic rings. The smallest absolute Gasteiger partial charge is 0.341 e. The fourth-order valence-electron chi connectivity index (χ4n) is 2.57. The van der Waals surface area contributed by atoms with E-state index in [1.807, 2.05) is 30.3 Å². The van der Waals surface area contributed by atoms with Gasteiger partial charge >= 0.3 is 5.97 Å². The summed E-state index contributed by atoms with van der Waals surface area (Å²) in [6.07, 6.45) is 0.152. The van der Waals surface area contributed by atoms with Crippen LogP contribution in [0.25, 0.3) is 0 Å². The zero-order valence-electron chi connectivity index (χ0n) is 13.9. The summed E-state index contributed by atoms with van der Waals surface area (Å²) in [6, 6.07) is 11.2. The van der Waals surface area contributed by atoms with Gasteiger partial charge in [-0.2, -0.15) is 0 Å². The van der Waals surface area contributed by atoms with E-state index >= 15 is 0 Å². The standard InChI is InChI=1S/C18H18N2O5/c1-11-14(18(22)23-2)8-13(24-11)10-19-17(21)15-9-16(25-20-15)12-6-4-3-5-7-12/h3-8,16H,9-10H2,1-2H3,(H,19,21)/t16-/m0/s1. The van der Waals surface area contributed by atoms with Gasteiger partial charge in [-0.15, -0.1) is 0 Å². The van der Waals surface area contributed by atoms with Gasteiger partial charge in [0.15, 0.2) is 6.10 Å². The quantitative estimate of drug-likeness (QED) is 0.843. The first-order valence-corrected chi connectivity index (χ1v) is 7.82. The molecule has 25 heavy (non-hydrogen) atoms. The Balaban J connectivity index is 1.56. The van der Waals surface area contributed by atoms with E-state index in [0.29, 0.717) is 29.2 Å². The van der Waals surface area contributed by atoms with E-state index in [2.05, 4.69) is 15.2 Å². The van der Waals surface area contributed by atoms with Crippen LogP contribution >= 0.6 is 0 Å². The molecule has 1 aromatic carbocycles. The van der Waals surface area contributed by atoms with Crippen LogP contribution in [0.1, 0.15) is 40.0 Å². The van der Waals surface area contributed by atoms with Gasteiger partial charge in [-0.1, -0.05) is 35.5 Å². The minimum atomic E-state index is -0.474. The maximum atomic E-state index is 12.2. The van der Waals surface area contributed by atoms with Crippen molar-refractivity contribution in [3.63, 3.8) is 0 Å². The number of benzene rings is 1. The number of methoxy groups -OCH3 is 1. The van der Waals surface area contributed by atoms with E-state index in [4.69, 9.17) is 9.25 Å². The number of carbonyl (C=O) groups is 2. The number of hydrogen-bond acceptors (Lipinski definition) is 6. The molecule has 7 nitrogen and oxygen atoms in total. The molecule has 3 rings (SSSR count). The summed E-state index contributed by atoms with van der Waals surface area (Å²) >= 11 is 0. The number of hydrogen-bond donors (Lipinski definition) is 1. The predicted molar refractivity (Wildman–Crippen MR) is 89.0 cm³/mol. The van der Waals surface area contributed by atoms with Crippen LogP contribution in [-0.4, -0.2) is 24.7 Å². The lowest BCUT2D eigenvalue weighted by Crippen LogP contribution is -2.29. The average Bonchev–Trinajstić information content (AvgIpc) is 3.27. The summed E-state index contributed by atoms with van der Waals surface area (Å²) in [5.74, 6) is 0.109. The zero-order chi connectivity index (χ0) is 17.8. The van der Waals surface area contributed by atoms with Crippen LogP contribution in [0.4, 0.5) is 0 Å². The highest BCUT2D eigenvalue weighted by Gasteiger charge is 2.27. The molecule has 1 N–H and O–H groups in total. The van der Waals surface area contributed by atoms with E-state index < -0.39 is 5.97 Å². The first kappa shape index (κ1) is 16.8. The molecule has 1 aromatic heterocycles. The molecule has 0 bridgehead atoms. The summed E-state index contributed by atoms with van der Waals surface area (Å²) < 4.78 is 10.1. The summed E-state index contributed by atoms with van der Waals surface area (Å²) in [5, 5.41) is 6.58. The Morgan fingerprint density at radius 3 is 2.80 bits per heavy atom. The fraction of sp³-hybridized carbons (Fsp3) is 0.278. The van der Waals surface area contributed by atoms with Crippen LogP contribution in [0.2, 0.25) is 0 Å². The Bertz CT molecular complexity index is 810. The number of ether oxygens (including phenoxy) is 1. The van der Waals surface area contributed by atoms with Crippen molar-refractivity contribution in [3.05, 3.63) is 59.0 Å². The number of rotatable bonds is 5. The summed E-state index contributed by atoms with van der Waals surface area (Å²) in [7, 11) is 1.30. The van der Waals surface area contributed by atoms with E-state index in [1.165, 1.54) is 7.11 Å². The zero-order valence-corrected chi connectivity index (χ0v) is 13.9. The van der Waals surface area contributed by atoms with Gasteiger partial charge in [-0.05, 0) is 18.6 Å². The monoisotopic (exact) mass is 342 g/mol. The molecular weight excluding hydrogens is 324 g/mol. The number of furan rings is 1. The molecule has 0 radical (unpaired) electrons. The Morgan fingerprint density at radius 2 is 2.08 bits per heavy atom. The molecule has 2 aromatic rings. The fourth-order valence-corrected chi connectivity index (χ4v) is 2.57. The number of amides is 1. The Kier molecular flexibility index (Phi) is 4.83. The van der Waals surface area contributed by atoms with Crippen LogP contribution in [0, 0.1) is 6.92 Å². The van der Waals surface area contributed by atoms with Gasteiger partial charge in [0, 0.05) is 6.42 Å². The van der Waals surface area contributed by atoms with Gasteiger partial charge in [0.1, 0.15) is 22.8 Å². The van der Waals surface area contributed by atoms with Crippen LogP contribution in [-0.2, 0) is 20.9 Å². The third kappa shape index (κ3) is 3.71. The van der Waals surface area contributed by atoms with Crippen LogP contribution in [0.3, 0.4) is 0 Å². The Morgan fingerprint density at radius 1 is 1.32 bits per heavy atom. The minimum absolute atomic E-state index is 0.145. The molecule has 1 aliphatic heterocycles. The average molecular weight is 342 g/mol. The number of nitrogens with one attached hydrogen (secondary N) is 1. The Labute approximate surface area is 144 Å². The molecule has 0 saturated carbocycles. The van der Waals surface area contributed by atoms with E-state index in [1.54, 1.807) is 13.0 Å². The predicted octanol–water partition coefficient (Wildman–Crippen LogP) is 2.51. The summed E-state index contributed by atoms with van der Waals surface area (Å²) in [5.41, 5.74) is 1.64. The van der Waals surface area contributed by atoms with Crippen molar-refractivity contribution in [2.45, 2.75) is 26.0 Å². The van der Waals surface area contributed by atoms with Crippen molar-refractivity contribution in [1.82, 2.24) is 5.32 Å². The van der Waals surface area contributed by atoms with Crippen molar-refractivity contribution in [1.29, 1.82) is 0 Å². The lowest BCUT2D eigenvalue weighted by molar-refractivity contribution is -0.115. The SMILES string of the molecule is COC(=O)c1cc(CNC(=O)C2=NO[C@H](c3ccccc3)C2)oc1C. The molecule has 2 heterocycles. The van der Waals surface area contributed by atoms with Gasteiger partial charge < -0.3 is 19.3 Å². The molecule has 130 valence electrons. The first-order valence-electron chi connectivity index (χ1n) is 7.82. The molecule has 0 aliphatic carbocycles. The van der Waals surface area contributed by atoms with Crippen molar-refractivity contribution < 1.29 is 23.6 Å².